The minimum absolute atomic E-state index is 0.0656. The predicted molar refractivity (Wildman–Crippen MR) is 132 cm³/mol. The van der Waals surface area contributed by atoms with Crippen LogP contribution in [0, 0.1) is 0 Å². The monoisotopic (exact) mass is 470 g/mol. The SMILES string of the molecule is O=C1CCc2ccc(OCCCCOC3C=Cc4ccc(OCCCCCl)cc4N3)cc2N1. The highest BCUT2D eigenvalue weighted by Crippen LogP contribution is 2.29. The van der Waals surface area contributed by atoms with Gasteiger partial charge in [0.15, 0.2) is 0 Å². The number of rotatable bonds is 12. The summed E-state index contributed by atoms with van der Waals surface area (Å²) >= 11 is 5.71. The summed E-state index contributed by atoms with van der Waals surface area (Å²) in [5.74, 6) is 2.37. The van der Waals surface area contributed by atoms with Gasteiger partial charge in [0.2, 0.25) is 5.91 Å². The lowest BCUT2D eigenvalue weighted by Gasteiger charge is -2.23. The van der Waals surface area contributed by atoms with E-state index in [2.05, 4.69) is 22.8 Å². The van der Waals surface area contributed by atoms with Crippen molar-refractivity contribution in [2.24, 2.45) is 0 Å². The van der Waals surface area contributed by atoms with Crippen molar-refractivity contribution in [2.45, 2.75) is 44.8 Å². The molecule has 0 saturated carbocycles. The second-order valence-corrected chi connectivity index (χ2v) is 8.59. The summed E-state index contributed by atoms with van der Waals surface area (Å²) in [6, 6.07) is 12.0. The maximum atomic E-state index is 11.6. The van der Waals surface area contributed by atoms with E-state index in [-0.39, 0.29) is 12.1 Å². The summed E-state index contributed by atoms with van der Waals surface area (Å²) in [5.41, 5.74) is 4.17. The first kappa shape index (κ1) is 23.5. The zero-order valence-corrected chi connectivity index (χ0v) is 19.5. The van der Waals surface area contributed by atoms with Gasteiger partial charge in [0.25, 0.3) is 0 Å². The van der Waals surface area contributed by atoms with Gasteiger partial charge in [0, 0.05) is 42.4 Å². The standard InChI is InChI=1S/C26H31ClN2O4/c27-13-1-2-14-31-22-10-6-20-8-12-26(29-24(20)18-22)33-16-4-3-15-32-21-9-5-19-7-11-25(30)28-23(19)17-21/h5-6,8-10,12,17-18,26,29H,1-4,7,11,13-16H2,(H,28,30). The van der Waals surface area contributed by atoms with E-state index in [1.165, 1.54) is 0 Å². The Hall–Kier alpha value is -2.70. The topological polar surface area (TPSA) is 68.8 Å². The Morgan fingerprint density at radius 1 is 0.879 bits per heavy atom. The maximum absolute atomic E-state index is 11.6. The summed E-state index contributed by atoms with van der Waals surface area (Å²) in [4.78, 5) is 11.6. The summed E-state index contributed by atoms with van der Waals surface area (Å²) in [6.07, 6.45) is 8.97. The van der Waals surface area contributed by atoms with Crippen LogP contribution in [0.3, 0.4) is 0 Å². The molecule has 33 heavy (non-hydrogen) atoms. The quantitative estimate of drug-likeness (QED) is 0.311. The van der Waals surface area contributed by atoms with E-state index in [9.17, 15) is 4.79 Å². The molecule has 0 aromatic heterocycles. The second-order valence-electron chi connectivity index (χ2n) is 8.21. The van der Waals surface area contributed by atoms with Crippen LogP contribution in [-0.4, -0.2) is 37.8 Å². The lowest BCUT2D eigenvalue weighted by atomic mass is 10.0. The fourth-order valence-corrected chi connectivity index (χ4v) is 4.01. The van der Waals surface area contributed by atoms with E-state index in [0.717, 1.165) is 66.1 Å². The zero-order chi connectivity index (χ0) is 22.9. The van der Waals surface area contributed by atoms with E-state index in [1.807, 2.05) is 36.4 Å². The molecule has 2 aliphatic heterocycles. The van der Waals surface area contributed by atoms with Crippen LogP contribution in [0.25, 0.3) is 6.08 Å². The van der Waals surface area contributed by atoms with Gasteiger partial charge in [-0.05, 0) is 67.5 Å². The van der Waals surface area contributed by atoms with Crippen LogP contribution in [0.1, 0.15) is 43.2 Å². The summed E-state index contributed by atoms with van der Waals surface area (Å²) in [5, 5.41) is 6.32. The number of benzene rings is 2. The van der Waals surface area contributed by atoms with Gasteiger partial charge in [0.1, 0.15) is 17.7 Å². The third-order valence-corrected chi connectivity index (χ3v) is 5.92. The van der Waals surface area contributed by atoms with Crippen molar-refractivity contribution in [3.63, 3.8) is 0 Å². The first-order chi connectivity index (χ1) is 16.2. The smallest absolute Gasteiger partial charge is 0.224 e. The molecule has 0 saturated heterocycles. The average molecular weight is 471 g/mol. The Balaban J connectivity index is 1.14. The zero-order valence-electron chi connectivity index (χ0n) is 18.8. The van der Waals surface area contributed by atoms with Gasteiger partial charge >= 0.3 is 0 Å². The molecule has 0 fully saturated rings. The number of alkyl halides is 1. The number of hydrogen-bond donors (Lipinski definition) is 2. The molecular formula is C26H31ClN2O4. The van der Waals surface area contributed by atoms with Crippen LogP contribution in [0.4, 0.5) is 11.4 Å². The molecule has 1 atom stereocenters. The summed E-state index contributed by atoms with van der Waals surface area (Å²) in [6.45, 7) is 1.91. The molecule has 0 radical (unpaired) electrons. The number of carbonyl (C=O) groups is 1. The van der Waals surface area contributed by atoms with E-state index in [1.54, 1.807) is 0 Å². The molecule has 4 rings (SSSR count). The van der Waals surface area contributed by atoms with Crippen molar-refractivity contribution in [3.8, 4) is 11.5 Å². The number of anilines is 2. The minimum atomic E-state index is -0.158. The van der Waals surface area contributed by atoms with Crippen LogP contribution in [0.2, 0.25) is 0 Å². The molecule has 6 nitrogen and oxygen atoms in total. The number of nitrogens with one attached hydrogen (secondary N) is 2. The Kier molecular flexibility index (Phi) is 8.50. The molecule has 2 aromatic rings. The van der Waals surface area contributed by atoms with Crippen LogP contribution in [0.15, 0.2) is 42.5 Å². The number of hydrogen-bond acceptors (Lipinski definition) is 5. The number of amides is 1. The number of ether oxygens (including phenoxy) is 3. The predicted octanol–water partition coefficient (Wildman–Crippen LogP) is 5.61. The molecule has 2 N–H and O–H groups in total. The highest BCUT2D eigenvalue weighted by Gasteiger charge is 2.15. The fourth-order valence-electron chi connectivity index (χ4n) is 3.82. The second kappa shape index (κ2) is 12.0. The molecule has 0 spiro atoms. The molecule has 0 bridgehead atoms. The molecule has 1 amide bonds. The minimum Gasteiger partial charge on any atom is -0.494 e. The molecule has 0 aliphatic carbocycles. The van der Waals surface area contributed by atoms with E-state index >= 15 is 0 Å². The summed E-state index contributed by atoms with van der Waals surface area (Å²) in [7, 11) is 0. The third-order valence-electron chi connectivity index (χ3n) is 5.65. The molecule has 2 aromatic carbocycles. The highest BCUT2D eigenvalue weighted by atomic mass is 35.5. The van der Waals surface area contributed by atoms with Crippen LogP contribution in [-0.2, 0) is 16.0 Å². The van der Waals surface area contributed by atoms with Gasteiger partial charge in [0.05, 0.1) is 13.2 Å². The molecular weight excluding hydrogens is 440 g/mol. The van der Waals surface area contributed by atoms with Crippen LogP contribution < -0.4 is 20.1 Å². The number of fused-ring (bicyclic) bond motifs is 2. The maximum Gasteiger partial charge on any atom is 0.224 e. The lowest BCUT2D eigenvalue weighted by molar-refractivity contribution is -0.116. The van der Waals surface area contributed by atoms with Crippen LogP contribution >= 0.6 is 11.6 Å². The van der Waals surface area contributed by atoms with Crippen molar-refractivity contribution in [3.05, 3.63) is 53.6 Å². The lowest BCUT2D eigenvalue weighted by Crippen LogP contribution is -2.24. The molecule has 2 aliphatic rings. The van der Waals surface area contributed by atoms with E-state index < -0.39 is 0 Å². The van der Waals surface area contributed by atoms with Gasteiger partial charge in [-0.1, -0.05) is 12.1 Å². The Morgan fingerprint density at radius 3 is 2.42 bits per heavy atom. The van der Waals surface area contributed by atoms with Gasteiger partial charge in [-0.2, -0.15) is 0 Å². The van der Waals surface area contributed by atoms with E-state index in [0.29, 0.717) is 32.1 Å². The molecule has 7 heteroatoms. The number of aryl methyl sites for hydroxylation is 1. The van der Waals surface area contributed by atoms with Gasteiger partial charge < -0.3 is 24.8 Å². The largest absolute Gasteiger partial charge is 0.494 e. The van der Waals surface area contributed by atoms with Crippen LogP contribution in [0.5, 0.6) is 11.5 Å². The Bertz CT molecular complexity index is 979. The highest BCUT2D eigenvalue weighted by molar-refractivity contribution is 6.17. The normalized spacial score (nSPS) is 16.4. The van der Waals surface area contributed by atoms with Gasteiger partial charge in [-0.3, -0.25) is 4.79 Å². The number of halogens is 1. The summed E-state index contributed by atoms with van der Waals surface area (Å²) < 4.78 is 17.6. The van der Waals surface area contributed by atoms with Gasteiger partial charge in [-0.25, -0.2) is 0 Å². The van der Waals surface area contributed by atoms with Crippen molar-refractivity contribution in [1.82, 2.24) is 0 Å². The number of carbonyl (C=O) groups excluding carboxylic acids is 1. The molecule has 176 valence electrons. The Morgan fingerprint density at radius 2 is 1.61 bits per heavy atom. The number of unbranched alkanes of at least 4 members (excludes halogenated alkanes) is 2. The molecule has 2 heterocycles. The first-order valence-corrected chi connectivity index (χ1v) is 12.2. The first-order valence-electron chi connectivity index (χ1n) is 11.7. The third kappa shape index (κ3) is 6.89. The van der Waals surface area contributed by atoms with Gasteiger partial charge in [-0.15, -0.1) is 11.6 Å². The fraction of sp³-hybridized carbons (Fsp3) is 0.423. The van der Waals surface area contributed by atoms with Crippen molar-refractivity contribution >= 4 is 35.0 Å². The average Bonchev–Trinajstić information content (AvgIpc) is 2.83. The van der Waals surface area contributed by atoms with Crippen molar-refractivity contribution in [2.75, 3.05) is 36.3 Å². The van der Waals surface area contributed by atoms with E-state index in [4.69, 9.17) is 25.8 Å². The Labute approximate surface area is 200 Å². The molecule has 1 unspecified atom stereocenters. The van der Waals surface area contributed by atoms with Crippen molar-refractivity contribution in [1.29, 1.82) is 0 Å². The van der Waals surface area contributed by atoms with Crippen molar-refractivity contribution < 1.29 is 19.0 Å².